The zero-order chi connectivity index (χ0) is 14.7. The summed E-state index contributed by atoms with van der Waals surface area (Å²) < 4.78 is 0. The van der Waals surface area contributed by atoms with Gasteiger partial charge in [0.25, 0.3) is 0 Å². The third-order valence-corrected chi connectivity index (χ3v) is 1.94. The Hall–Kier alpha value is -1.72. The maximum Gasteiger partial charge on any atom is 0.317 e. The average Bonchev–Trinajstić information content (AvgIpc) is 2.15. The van der Waals surface area contributed by atoms with Gasteiger partial charge in [0.15, 0.2) is 5.92 Å². The Kier molecular flexibility index (Phi) is 10.8. The first-order valence-electron chi connectivity index (χ1n) is 5.66. The summed E-state index contributed by atoms with van der Waals surface area (Å²) in [6.07, 6.45) is 1.77. The third-order valence-electron chi connectivity index (χ3n) is 1.94. The Bertz CT molecular complexity index is 282. The number of carbonyl (C=O) groups excluding carboxylic acids is 2. The molecular weight excluding hydrogens is 240 g/mol. The van der Waals surface area contributed by atoms with Crippen LogP contribution in [0.4, 0.5) is 0 Å². The highest BCUT2D eigenvalue weighted by Gasteiger charge is 2.24. The summed E-state index contributed by atoms with van der Waals surface area (Å²) in [6.45, 7) is 4.70. The van der Waals surface area contributed by atoms with Crippen molar-refractivity contribution in [2.75, 3.05) is 0 Å². The van der Waals surface area contributed by atoms with Crippen molar-refractivity contribution in [3.63, 3.8) is 0 Å². The van der Waals surface area contributed by atoms with Gasteiger partial charge in [-0.05, 0) is 20.3 Å². The minimum absolute atomic E-state index is 0.0625. The number of hydrogen-bond donors (Lipinski definition) is 2. The summed E-state index contributed by atoms with van der Waals surface area (Å²) in [4.78, 5) is 40.6. The van der Waals surface area contributed by atoms with Crippen LogP contribution in [0, 0.1) is 5.92 Å². The van der Waals surface area contributed by atoms with Gasteiger partial charge < -0.3 is 10.2 Å². The van der Waals surface area contributed by atoms with Gasteiger partial charge in [-0.25, -0.2) is 0 Å². The summed E-state index contributed by atoms with van der Waals surface area (Å²) in [6, 6.07) is 0. The second-order valence-electron chi connectivity index (χ2n) is 3.95. The summed E-state index contributed by atoms with van der Waals surface area (Å²) in [5.41, 5.74) is 0. The molecular formula is C12H20O6. The van der Waals surface area contributed by atoms with E-state index in [1.165, 1.54) is 13.8 Å². The maximum absolute atomic E-state index is 10.3. The first-order valence-corrected chi connectivity index (χ1v) is 5.66. The standard InChI is InChI=1S/C7H12O4.C5H8O2/c1-2-3-4-5(6(8)9)7(10)11;1-4(6)3-5(2)7/h5H,2-4H2,1H3,(H,8,9)(H,10,11);3H2,1-2H3. The second-order valence-corrected chi connectivity index (χ2v) is 3.95. The van der Waals surface area contributed by atoms with Crippen molar-refractivity contribution in [1.29, 1.82) is 0 Å². The van der Waals surface area contributed by atoms with E-state index in [0.29, 0.717) is 6.42 Å². The van der Waals surface area contributed by atoms with Gasteiger partial charge in [-0.3, -0.25) is 19.2 Å². The van der Waals surface area contributed by atoms with E-state index in [1.54, 1.807) is 0 Å². The lowest BCUT2D eigenvalue weighted by Crippen LogP contribution is -2.22. The number of ketones is 2. The zero-order valence-electron chi connectivity index (χ0n) is 10.9. The molecule has 0 spiro atoms. The molecule has 6 nitrogen and oxygen atoms in total. The van der Waals surface area contributed by atoms with Gasteiger partial charge in [-0.2, -0.15) is 0 Å². The predicted molar refractivity (Wildman–Crippen MR) is 64.3 cm³/mol. The van der Waals surface area contributed by atoms with E-state index in [0.717, 1.165) is 6.42 Å². The van der Waals surface area contributed by atoms with E-state index in [-0.39, 0.29) is 24.4 Å². The fraction of sp³-hybridized carbons (Fsp3) is 0.667. The predicted octanol–water partition coefficient (Wildman–Crippen LogP) is 1.52. The van der Waals surface area contributed by atoms with E-state index in [1.807, 2.05) is 6.92 Å². The summed E-state index contributed by atoms with van der Waals surface area (Å²) >= 11 is 0. The Balaban J connectivity index is 0. The van der Waals surface area contributed by atoms with Crippen LogP contribution in [0.5, 0.6) is 0 Å². The van der Waals surface area contributed by atoms with Crippen molar-refractivity contribution in [3.05, 3.63) is 0 Å². The first-order chi connectivity index (χ1) is 8.22. The normalized spacial score (nSPS) is 9.33. The molecule has 0 aromatic rings. The minimum Gasteiger partial charge on any atom is -0.481 e. The summed E-state index contributed by atoms with van der Waals surface area (Å²) in [5, 5.41) is 16.8. The van der Waals surface area contributed by atoms with Gasteiger partial charge in [-0.15, -0.1) is 0 Å². The first kappa shape index (κ1) is 18.6. The molecule has 0 aliphatic rings. The van der Waals surface area contributed by atoms with Crippen LogP contribution in [0.25, 0.3) is 0 Å². The lowest BCUT2D eigenvalue weighted by molar-refractivity contribution is -0.154. The Morgan fingerprint density at radius 3 is 1.50 bits per heavy atom. The fourth-order valence-corrected chi connectivity index (χ4v) is 1.11. The van der Waals surface area contributed by atoms with E-state index < -0.39 is 17.9 Å². The molecule has 6 heteroatoms. The van der Waals surface area contributed by atoms with Crippen LogP contribution in [0.3, 0.4) is 0 Å². The largest absolute Gasteiger partial charge is 0.481 e. The lowest BCUT2D eigenvalue weighted by Gasteiger charge is -2.04. The molecule has 0 aliphatic heterocycles. The molecule has 0 rings (SSSR count). The van der Waals surface area contributed by atoms with Crippen LogP contribution < -0.4 is 0 Å². The van der Waals surface area contributed by atoms with Crippen LogP contribution in [-0.4, -0.2) is 33.7 Å². The van der Waals surface area contributed by atoms with Gasteiger partial charge in [0, 0.05) is 0 Å². The molecule has 2 N–H and O–H groups in total. The number of Topliss-reactive ketones (excluding diaryl/α,β-unsaturated/α-hetero) is 2. The molecule has 0 amide bonds. The van der Waals surface area contributed by atoms with E-state index >= 15 is 0 Å². The maximum atomic E-state index is 10.3. The SMILES string of the molecule is CC(=O)CC(C)=O.CCCCC(C(=O)O)C(=O)O. The van der Waals surface area contributed by atoms with Gasteiger partial charge in [-0.1, -0.05) is 19.8 Å². The highest BCUT2D eigenvalue weighted by atomic mass is 16.4. The van der Waals surface area contributed by atoms with Gasteiger partial charge in [0.2, 0.25) is 0 Å². The highest BCUT2D eigenvalue weighted by molar-refractivity contribution is 5.96. The van der Waals surface area contributed by atoms with Gasteiger partial charge >= 0.3 is 11.9 Å². The molecule has 0 aromatic heterocycles. The molecule has 0 bridgehead atoms. The number of carboxylic acids is 2. The van der Waals surface area contributed by atoms with Crippen molar-refractivity contribution in [1.82, 2.24) is 0 Å². The van der Waals surface area contributed by atoms with Crippen molar-refractivity contribution in [2.45, 2.75) is 46.5 Å². The number of aliphatic carboxylic acids is 2. The van der Waals surface area contributed by atoms with E-state index in [4.69, 9.17) is 10.2 Å². The second kappa shape index (κ2) is 10.4. The molecule has 0 radical (unpaired) electrons. The number of carbonyl (C=O) groups is 4. The average molecular weight is 260 g/mol. The van der Waals surface area contributed by atoms with Crippen LogP contribution in [0.1, 0.15) is 46.5 Å². The molecule has 0 saturated heterocycles. The molecule has 0 unspecified atom stereocenters. The fourth-order valence-electron chi connectivity index (χ4n) is 1.11. The van der Waals surface area contributed by atoms with Crippen molar-refractivity contribution < 1.29 is 29.4 Å². The van der Waals surface area contributed by atoms with Crippen molar-refractivity contribution in [2.24, 2.45) is 5.92 Å². The molecule has 0 aromatic carbocycles. The van der Waals surface area contributed by atoms with Crippen LogP contribution >= 0.6 is 0 Å². The Morgan fingerprint density at radius 1 is 0.944 bits per heavy atom. The lowest BCUT2D eigenvalue weighted by atomic mass is 10.0. The zero-order valence-corrected chi connectivity index (χ0v) is 10.9. The number of hydrogen-bond acceptors (Lipinski definition) is 4. The van der Waals surface area contributed by atoms with Gasteiger partial charge in [0.1, 0.15) is 11.6 Å². The Morgan fingerprint density at radius 2 is 1.33 bits per heavy atom. The highest BCUT2D eigenvalue weighted by Crippen LogP contribution is 2.08. The Labute approximate surface area is 106 Å². The molecule has 0 heterocycles. The van der Waals surface area contributed by atoms with E-state index in [2.05, 4.69) is 0 Å². The van der Waals surface area contributed by atoms with Crippen LogP contribution in [-0.2, 0) is 19.2 Å². The minimum atomic E-state index is -1.24. The van der Waals surface area contributed by atoms with Crippen LogP contribution in [0.2, 0.25) is 0 Å². The number of unbranched alkanes of at least 4 members (excludes halogenated alkanes) is 1. The molecule has 0 atom stereocenters. The molecule has 104 valence electrons. The molecule has 0 saturated carbocycles. The summed E-state index contributed by atoms with van der Waals surface area (Å²) in [5.74, 6) is -3.84. The van der Waals surface area contributed by atoms with Crippen molar-refractivity contribution >= 4 is 23.5 Å². The number of rotatable bonds is 7. The third kappa shape index (κ3) is 12.4. The van der Waals surface area contributed by atoms with E-state index in [9.17, 15) is 19.2 Å². The topological polar surface area (TPSA) is 109 Å². The molecule has 0 fully saturated rings. The molecule has 18 heavy (non-hydrogen) atoms. The monoisotopic (exact) mass is 260 g/mol. The smallest absolute Gasteiger partial charge is 0.317 e. The van der Waals surface area contributed by atoms with Crippen LogP contribution in [0.15, 0.2) is 0 Å². The number of carboxylic acid groups (broad SMARTS) is 2. The van der Waals surface area contributed by atoms with Gasteiger partial charge in [0.05, 0.1) is 6.42 Å². The van der Waals surface area contributed by atoms with Crippen molar-refractivity contribution in [3.8, 4) is 0 Å². The summed E-state index contributed by atoms with van der Waals surface area (Å²) in [7, 11) is 0. The quantitative estimate of drug-likeness (QED) is 0.672. The molecule has 0 aliphatic carbocycles.